The van der Waals surface area contributed by atoms with Gasteiger partial charge < -0.3 is 66.2 Å². The summed E-state index contributed by atoms with van der Waals surface area (Å²) < 4.78 is 10.3. The van der Waals surface area contributed by atoms with Crippen LogP contribution in [0.4, 0.5) is 0 Å². The number of rotatable bonds is 25. The molecule has 0 spiro atoms. The molecule has 2 aliphatic rings. The Morgan fingerprint density at radius 1 is 0.547 bits per heavy atom. The summed E-state index contributed by atoms with van der Waals surface area (Å²) in [6.07, 6.45) is 1.67. The lowest BCUT2D eigenvalue weighted by Gasteiger charge is -2.29. The van der Waals surface area contributed by atoms with Crippen molar-refractivity contribution in [3.05, 3.63) is 237 Å². The molecular formula is C92H96N6O19. The number of carbonyl (C=O) groups is 9. The molecule has 4 amide bonds. The molecule has 9 rings (SSSR count). The first kappa shape index (κ1) is 94.9. The highest BCUT2D eigenvalue weighted by Gasteiger charge is 2.36. The van der Waals surface area contributed by atoms with Crippen molar-refractivity contribution in [3.63, 3.8) is 0 Å². The summed E-state index contributed by atoms with van der Waals surface area (Å²) in [5.74, 6) is 34.6. The minimum absolute atomic E-state index is 0. The fourth-order valence-corrected chi connectivity index (χ4v) is 10.9. The summed E-state index contributed by atoms with van der Waals surface area (Å²) in [6.45, 7) is 9.85. The number of morpholine rings is 1. The van der Waals surface area contributed by atoms with E-state index < -0.39 is 108 Å². The number of hydrogen-bond acceptors (Lipinski definition) is 21. The van der Waals surface area contributed by atoms with E-state index in [4.69, 9.17) is 45.6 Å². The molecule has 13 N–H and O–H groups in total. The molecule has 0 radical (unpaired) electrons. The predicted octanol–water partition coefficient (Wildman–Crippen LogP) is 4.98. The van der Waals surface area contributed by atoms with Crippen LogP contribution in [-0.2, 0) is 41.9 Å². The Hall–Kier alpha value is -12.7. The van der Waals surface area contributed by atoms with Gasteiger partial charge in [0, 0.05) is 113 Å². The number of furan rings is 1. The van der Waals surface area contributed by atoms with Gasteiger partial charge in [0.25, 0.3) is 17.7 Å². The maximum absolute atomic E-state index is 12.6. The van der Waals surface area contributed by atoms with Crippen LogP contribution in [0, 0.1) is 101 Å². The van der Waals surface area contributed by atoms with Crippen LogP contribution in [0.3, 0.4) is 0 Å². The van der Waals surface area contributed by atoms with Crippen LogP contribution in [0.5, 0.6) is 0 Å². The van der Waals surface area contributed by atoms with Gasteiger partial charge in [0.15, 0.2) is 35.0 Å². The number of nitrogens with two attached hydrogens (primary N) is 1. The van der Waals surface area contributed by atoms with Crippen molar-refractivity contribution in [2.45, 2.75) is 110 Å². The Morgan fingerprint density at radius 2 is 0.983 bits per heavy atom. The van der Waals surface area contributed by atoms with Crippen molar-refractivity contribution < 1.29 is 93.3 Å². The summed E-state index contributed by atoms with van der Waals surface area (Å²) in [6, 6.07) is 39.8. The van der Waals surface area contributed by atoms with E-state index in [2.05, 4.69) is 111 Å². The molecule has 25 nitrogen and oxygen atoms in total. The van der Waals surface area contributed by atoms with Gasteiger partial charge in [0.2, 0.25) is 5.91 Å². The van der Waals surface area contributed by atoms with Gasteiger partial charge >= 0.3 is 0 Å². The molecule has 8 atom stereocenters. The number of aliphatic hydroxyl groups excluding tert-OH is 7. The number of ketones is 5. The maximum Gasteiger partial charge on any atom is 0.254 e. The van der Waals surface area contributed by atoms with Crippen molar-refractivity contribution in [2.75, 3.05) is 59.8 Å². The third-order valence-electron chi connectivity index (χ3n) is 17.8. The Labute approximate surface area is 681 Å². The van der Waals surface area contributed by atoms with Gasteiger partial charge in [-0.15, -0.1) is 0 Å². The molecular weight excluding hydrogens is 1490 g/mol. The van der Waals surface area contributed by atoms with E-state index in [-0.39, 0.29) is 51.1 Å². The van der Waals surface area contributed by atoms with Gasteiger partial charge in [0.05, 0.1) is 49.8 Å². The Bertz CT molecular complexity index is 4970. The lowest BCUT2D eigenvalue weighted by atomic mass is 9.92. The van der Waals surface area contributed by atoms with Crippen LogP contribution < -0.4 is 21.8 Å². The van der Waals surface area contributed by atoms with E-state index in [9.17, 15) is 53.4 Å². The third-order valence-corrected chi connectivity index (χ3v) is 17.8. The molecule has 2 fully saturated rings. The van der Waals surface area contributed by atoms with E-state index in [0.717, 1.165) is 72.0 Å². The standard InChI is InChI=1S/C25H28N2O5.C23H21NO5.C22H19NO5.C21H24N2O4.CH4/c1-18(28)23(25(30)26-31)16-24(29)22-10-8-20(9-11-22)3-2-19-4-6-21(7-5-19)17-27-12-14-32-15-13-27;1-16(27)22(21(28)15-26)24-23(29)20-12-10-18(11-13-20)5-3-2-4-17-6-8-19(14-25)9-7-17;1-3-19(25)21(20(26)14-24)23(2)22(27)18-10-8-16(9-11-18)6-4-5-7-17-12-13-28-15-17;1-21(2,22)19(18(26)13-25)23-20(27)15-9-7-14(8-10-15)5-3-4-6-16-11-17(16)12-24;/h4-11,18,23,28,31H,12-17H2,1H3,(H,26,30);6-13,16,22,25-27H,14-15H2,1H3,(H,24,29);8-13,15,21,24H,3,14H2,1-2H3;7-10,16-17,19,24-25H,11-13,22H2,1-2H3,(H,23,27);1H4/t18-,23+;16-,22+;21-;16?,17-,19-;/m1101./s1. The number of carbonyl (C=O) groups excluding carboxylic acids is 9. The first-order valence-electron chi connectivity index (χ1n) is 36.8. The minimum Gasteiger partial charge on any atom is -0.471 e. The summed E-state index contributed by atoms with van der Waals surface area (Å²) >= 11 is 0. The molecule has 1 saturated carbocycles. The second-order valence-electron chi connectivity index (χ2n) is 27.2. The largest absolute Gasteiger partial charge is 0.471 e. The second-order valence-corrected chi connectivity index (χ2v) is 27.2. The van der Waals surface area contributed by atoms with E-state index in [1.807, 2.05) is 12.1 Å². The third kappa shape index (κ3) is 31.9. The smallest absolute Gasteiger partial charge is 0.254 e. The number of hydrogen-bond donors (Lipinski definition) is 12. The molecule has 1 aromatic heterocycles. The lowest BCUT2D eigenvalue weighted by molar-refractivity contribution is -0.137. The highest BCUT2D eigenvalue weighted by atomic mass is 16.5. The van der Waals surface area contributed by atoms with Crippen molar-refractivity contribution in [2.24, 2.45) is 23.5 Å². The average Bonchev–Trinajstić information content (AvgIpc) is 1.52. The maximum atomic E-state index is 12.6. The molecule has 608 valence electrons. The Balaban J connectivity index is 0.000000278. The summed E-state index contributed by atoms with van der Waals surface area (Å²) in [7, 11) is 1.37. The number of benzene rings is 6. The van der Waals surface area contributed by atoms with E-state index >= 15 is 0 Å². The highest BCUT2D eigenvalue weighted by Crippen LogP contribution is 2.37. The number of hydroxylamine groups is 1. The fraction of sp³-hybridized carbons (Fsp3) is 0.315. The normalized spacial score (nSPS) is 14.2. The first-order chi connectivity index (χ1) is 55.6. The first-order valence-corrected chi connectivity index (χ1v) is 36.8. The van der Waals surface area contributed by atoms with E-state index in [0.29, 0.717) is 38.9 Å². The number of aliphatic hydroxyl groups is 7. The Morgan fingerprint density at radius 3 is 1.39 bits per heavy atom. The number of likely N-dealkylation sites (N-methyl/N-ethyl adjacent to an activating group) is 1. The molecule has 0 bridgehead atoms. The zero-order chi connectivity index (χ0) is 84.7. The molecule has 1 aliphatic heterocycles. The number of ether oxygens (including phenoxy) is 1. The van der Waals surface area contributed by atoms with Crippen LogP contribution in [0.15, 0.2) is 169 Å². The molecule has 25 heteroatoms. The van der Waals surface area contributed by atoms with Crippen LogP contribution >= 0.6 is 0 Å². The van der Waals surface area contributed by atoms with Gasteiger partial charge in [-0.05, 0) is 208 Å². The quantitative estimate of drug-likeness (QED) is 0.0118. The van der Waals surface area contributed by atoms with Crippen molar-refractivity contribution in [1.29, 1.82) is 0 Å². The SMILES string of the molecule is C.CC(C)(N)[C@H](NC(=O)c1ccc(C#CC#CC2C[C@@H]2CO)cc1)C(=O)CO.CCC(=O)[C@@H](C(=O)CO)N(C)C(=O)c1ccc(C#CC#Cc2ccoc2)cc1.C[C@@H](O)[C@H](CC(=O)c1ccc(C#Cc2ccc(CN3CCOCC3)cc2)cc1)C(=O)NO.C[C@@H](O)[C@H](NC(=O)c1ccc(C#CC#Cc2ccc(CO)cc2)cc1)C(=O)CO. The summed E-state index contributed by atoms with van der Waals surface area (Å²) in [4.78, 5) is 112. The second kappa shape index (κ2) is 49.2. The van der Waals surface area contributed by atoms with Crippen LogP contribution in [0.2, 0.25) is 0 Å². The van der Waals surface area contributed by atoms with Gasteiger partial charge in [-0.2, -0.15) is 0 Å². The summed E-state index contributed by atoms with van der Waals surface area (Å²) in [5.41, 5.74) is 15.0. The molecule has 6 aromatic carbocycles. The van der Waals surface area contributed by atoms with Crippen molar-refractivity contribution in [1.82, 2.24) is 25.9 Å². The lowest BCUT2D eigenvalue weighted by Crippen LogP contribution is -2.59. The minimum atomic E-state index is -1.29. The molecule has 1 saturated heterocycles. The zero-order valence-corrected chi connectivity index (χ0v) is 64.9. The Kier molecular flexibility index (Phi) is 39.9. The molecule has 2 heterocycles. The zero-order valence-electron chi connectivity index (χ0n) is 64.9. The monoisotopic (exact) mass is 1590 g/mol. The van der Waals surface area contributed by atoms with E-state index in [1.54, 1.807) is 148 Å². The molecule has 7 aromatic rings. The molecule has 117 heavy (non-hydrogen) atoms. The average molecular weight is 1590 g/mol. The van der Waals surface area contributed by atoms with Crippen LogP contribution in [-0.4, -0.2) is 199 Å². The van der Waals surface area contributed by atoms with Crippen molar-refractivity contribution in [3.8, 4) is 82.9 Å². The van der Waals surface area contributed by atoms with Crippen molar-refractivity contribution >= 4 is 52.5 Å². The fourth-order valence-electron chi connectivity index (χ4n) is 10.9. The number of amides is 4. The molecule has 1 unspecified atom stereocenters. The van der Waals surface area contributed by atoms with Gasteiger partial charge in [-0.3, -0.25) is 53.3 Å². The van der Waals surface area contributed by atoms with Gasteiger partial charge in [-0.25, -0.2) is 5.48 Å². The summed E-state index contributed by atoms with van der Waals surface area (Å²) in [5, 5.41) is 78.1. The number of Topliss-reactive ketones (excluding diaryl/α,β-unsaturated/α-hetero) is 5. The van der Waals surface area contributed by atoms with Crippen LogP contribution in [0.1, 0.15) is 153 Å². The number of nitrogens with zero attached hydrogens (tertiary/aromatic N) is 2. The highest BCUT2D eigenvalue weighted by molar-refractivity contribution is 6.11. The van der Waals surface area contributed by atoms with Crippen LogP contribution in [0.25, 0.3) is 0 Å². The predicted molar refractivity (Wildman–Crippen MR) is 437 cm³/mol. The number of nitrogens with one attached hydrogen (secondary N) is 3. The van der Waals surface area contributed by atoms with Gasteiger partial charge in [0.1, 0.15) is 38.2 Å². The van der Waals surface area contributed by atoms with Gasteiger partial charge in [-0.1, -0.05) is 92.2 Å². The topological polar surface area (TPSA) is 406 Å². The molecule has 1 aliphatic carbocycles. The van der Waals surface area contributed by atoms with E-state index in [1.165, 1.54) is 44.5 Å².